The van der Waals surface area contributed by atoms with Gasteiger partial charge in [-0.15, -0.1) is 12.4 Å². The van der Waals surface area contributed by atoms with Gasteiger partial charge in [0.2, 0.25) is 0 Å². The van der Waals surface area contributed by atoms with Crippen molar-refractivity contribution in [2.45, 2.75) is 12.6 Å². The maximum absolute atomic E-state index is 10.1. The van der Waals surface area contributed by atoms with E-state index in [1.54, 1.807) is 13.2 Å². The largest absolute Gasteiger partial charge is 0.496 e. The van der Waals surface area contributed by atoms with Crippen molar-refractivity contribution < 1.29 is 9.84 Å². The van der Waals surface area contributed by atoms with Crippen molar-refractivity contribution in [1.29, 1.82) is 0 Å². The second-order valence-corrected chi connectivity index (χ2v) is 4.95. The molecular weight excluding hydrogens is 309 g/mol. The molecule has 0 radical (unpaired) electrons. The summed E-state index contributed by atoms with van der Waals surface area (Å²) in [4.78, 5) is 0. The molecule has 0 aliphatic carbocycles. The van der Waals surface area contributed by atoms with Crippen LogP contribution >= 0.6 is 24.0 Å². The van der Waals surface area contributed by atoms with E-state index in [-0.39, 0.29) is 12.4 Å². The van der Waals surface area contributed by atoms with Gasteiger partial charge in [0, 0.05) is 23.7 Å². The number of methoxy groups -OCH3 is 1. The van der Waals surface area contributed by atoms with Crippen LogP contribution in [0.2, 0.25) is 5.02 Å². The number of hydrogen-bond donors (Lipinski definition) is 2. The van der Waals surface area contributed by atoms with E-state index < -0.39 is 6.10 Å². The number of nitrogens with one attached hydrogen (secondary N) is 1. The first-order chi connectivity index (χ1) is 9.70. The number of halogens is 2. The highest BCUT2D eigenvalue weighted by Gasteiger charge is 2.08. The number of ether oxygens (including phenoxy) is 1. The zero-order valence-corrected chi connectivity index (χ0v) is 13.3. The smallest absolute Gasteiger partial charge is 0.123 e. The summed E-state index contributed by atoms with van der Waals surface area (Å²) in [5.74, 6) is 0.788. The van der Waals surface area contributed by atoms with E-state index in [9.17, 15) is 5.11 Å². The van der Waals surface area contributed by atoms with Gasteiger partial charge < -0.3 is 15.2 Å². The molecule has 0 heterocycles. The van der Waals surface area contributed by atoms with Gasteiger partial charge in [-0.1, -0.05) is 41.9 Å². The predicted octanol–water partition coefficient (Wildman–Crippen LogP) is 3.59. The summed E-state index contributed by atoms with van der Waals surface area (Å²) in [6, 6.07) is 15.1. The fourth-order valence-corrected chi connectivity index (χ4v) is 2.22. The molecule has 2 aromatic carbocycles. The first-order valence-electron chi connectivity index (χ1n) is 6.47. The zero-order chi connectivity index (χ0) is 14.4. The fraction of sp³-hybridized carbons (Fsp3) is 0.250. The molecule has 0 aliphatic heterocycles. The van der Waals surface area contributed by atoms with E-state index >= 15 is 0 Å². The molecule has 0 aliphatic rings. The van der Waals surface area contributed by atoms with Crippen molar-refractivity contribution in [1.82, 2.24) is 5.32 Å². The van der Waals surface area contributed by atoms with Crippen molar-refractivity contribution in [2.24, 2.45) is 0 Å². The molecule has 0 amide bonds. The van der Waals surface area contributed by atoms with Gasteiger partial charge in [-0.05, 0) is 23.8 Å². The Kier molecular flexibility index (Phi) is 7.54. The van der Waals surface area contributed by atoms with Crippen LogP contribution in [0.3, 0.4) is 0 Å². The minimum absolute atomic E-state index is 0. The Labute approximate surface area is 136 Å². The topological polar surface area (TPSA) is 41.5 Å². The summed E-state index contributed by atoms with van der Waals surface area (Å²) in [7, 11) is 1.63. The van der Waals surface area contributed by atoms with E-state index in [0.29, 0.717) is 18.1 Å². The highest BCUT2D eigenvalue weighted by atomic mass is 35.5. The molecule has 0 saturated heterocycles. The van der Waals surface area contributed by atoms with Crippen LogP contribution < -0.4 is 10.1 Å². The summed E-state index contributed by atoms with van der Waals surface area (Å²) in [6.07, 6.45) is -0.527. The van der Waals surface area contributed by atoms with Gasteiger partial charge in [-0.2, -0.15) is 0 Å². The molecular formula is C16H19Cl2NO2. The Bertz CT molecular complexity index is 549. The molecule has 5 heteroatoms. The lowest BCUT2D eigenvalue weighted by Gasteiger charge is -2.14. The molecule has 2 N–H and O–H groups in total. The molecule has 0 spiro atoms. The Morgan fingerprint density at radius 3 is 2.57 bits per heavy atom. The van der Waals surface area contributed by atoms with Gasteiger partial charge >= 0.3 is 0 Å². The Hall–Kier alpha value is -1.26. The monoisotopic (exact) mass is 327 g/mol. The summed E-state index contributed by atoms with van der Waals surface area (Å²) >= 11 is 5.98. The van der Waals surface area contributed by atoms with E-state index in [0.717, 1.165) is 16.9 Å². The molecule has 2 aromatic rings. The number of aliphatic hydroxyl groups excluding tert-OH is 1. The number of aliphatic hydroxyl groups is 1. The van der Waals surface area contributed by atoms with Crippen molar-refractivity contribution in [3.05, 3.63) is 64.7 Å². The van der Waals surface area contributed by atoms with Gasteiger partial charge in [0.15, 0.2) is 0 Å². The van der Waals surface area contributed by atoms with Crippen molar-refractivity contribution >= 4 is 24.0 Å². The quantitative estimate of drug-likeness (QED) is 0.851. The van der Waals surface area contributed by atoms with Crippen LogP contribution in [-0.4, -0.2) is 18.8 Å². The first-order valence-corrected chi connectivity index (χ1v) is 6.84. The highest BCUT2D eigenvalue weighted by Crippen LogP contribution is 2.22. The maximum atomic E-state index is 10.1. The average molecular weight is 328 g/mol. The summed E-state index contributed by atoms with van der Waals surface area (Å²) in [5.41, 5.74) is 1.87. The van der Waals surface area contributed by atoms with E-state index in [2.05, 4.69) is 5.32 Å². The van der Waals surface area contributed by atoms with Gasteiger partial charge in [0.25, 0.3) is 0 Å². The summed E-state index contributed by atoms with van der Waals surface area (Å²) in [5, 5.41) is 13.9. The predicted molar refractivity (Wildman–Crippen MR) is 88.4 cm³/mol. The molecule has 0 aromatic heterocycles. The van der Waals surface area contributed by atoms with Gasteiger partial charge in [0.05, 0.1) is 13.2 Å². The van der Waals surface area contributed by atoms with Crippen LogP contribution in [-0.2, 0) is 6.54 Å². The van der Waals surface area contributed by atoms with Crippen LogP contribution in [0.4, 0.5) is 0 Å². The lowest BCUT2D eigenvalue weighted by Crippen LogP contribution is -2.21. The average Bonchev–Trinajstić information content (AvgIpc) is 2.48. The molecule has 21 heavy (non-hydrogen) atoms. The second-order valence-electron chi connectivity index (χ2n) is 4.51. The Morgan fingerprint density at radius 2 is 1.90 bits per heavy atom. The third-order valence-corrected chi connectivity index (χ3v) is 3.32. The second kappa shape index (κ2) is 8.90. The molecule has 3 nitrogen and oxygen atoms in total. The Morgan fingerprint density at radius 1 is 1.19 bits per heavy atom. The lowest BCUT2D eigenvalue weighted by atomic mass is 10.1. The van der Waals surface area contributed by atoms with E-state index in [1.807, 2.05) is 42.5 Å². The maximum Gasteiger partial charge on any atom is 0.123 e. The third-order valence-electron chi connectivity index (χ3n) is 3.08. The minimum Gasteiger partial charge on any atom is -0.496 e. The third kappa shape index (κ3) is 5.21. The minimum atomic E-state index is -0.527. The van der Waals surface area contributed by atoms with Crippen molar-refractivity contribution in [3.8, 4) is 5.75 Å². The fourth-order valence-electron chi connectivity index (χ4n) is 2.02. The van der Waals surface area contributed by atoms with E-state index in [4.69, 9.17) is 16.3 Å². The number of hydrogen-bond acceptors (Lipinski definition) is 3. The number of rotatable bonds is 6. The molecule has 0 fully saturated rings. The molecule has 0 saturated carbocycles. The normalized spacial score (nSPS) is 11.6. The van der Waals surface area contributed by atoms with Gasteiger partial charge in [-0.25, -0.2) is 0 Å². The van der Waals surface area contributed by atoms with Crippen LogP contribution in [0.5, 0.6) is 5.75 Å². The molecule has 1 atom stereocenters. The highest BCUT2D eigenvalue weighted by molar-refractivity contribution is 6.30. The number of benzene rings is 2. The molecule has 1 unspecified atom stereocenters. The van der Waals surface area contributed by atoms with Crippen molar-refractivity contribution in [2.75, 3.05) is 13.7 Å². The Balaban J connectivity index is 0.00000220. The van der Waals surface area contributed by atoms with E-state index in [1.165, 1.54) is 0 Å². The molecule has 114 valence electrons. The molecule has 2 rings (SSSR count). The summed E-state index contributed by atoms with van der Waals surface area (Å²) < 4.78 is 5.28. The lowest BCUT2D eigenvalue weighted by molar-refractivity contribution is 0.174. The van der Waals surface area contributed by atoms with Gasteiger partial charge in [0.1, 0.15) is 5.75 Å². The van der Waals surface area contributed by atoms with Crippen LogP contribution in [0.15, 0.2) is 48.5 Å². The standard InChI is InChI=1S/C16H18ClNO2.ClH/c1-20-16-8-7-14(17)9-13(16)10-18-11-15(19)12-5-3-2-4-6-12;/h2-9,15,18-19H,10-11H2,1H3;1H. The zero-order valence-electron chi connectivity index (χ0n) is 11.8. The summed E-state index contributed by atoms with van der Waals surface area (Å²) in [6.45, 7) is 1.06. The SMILES string of the molecule is COc1ccc(Cl)cc1CNCC(O)c1ccccc1.Cl. The van der Waals surface area contributed by atoms with Crippen LogP contribution in [0, 0.1) is 0 Å². The first kappa shape index (κ1) is 17.8. The van der Waals surface area contributed by atoms with Crippen LogP contribution in [0.1, 0.15) is 17.2 Å². The van der Waals surface area contributed by atoms with Crippen molar-refractivity contribution in [3.63, 3.8) is 0 Å². The van der Waals surface area contributed by atoms with Crippen LogP contribution in [0.25, 0.3) is 0 Å². The molecule has 0 bridgehead atoms. The van der Waals surface area contributed by atoms with Gasteiger partial charge in [-0.3, -0.25) is 0 Å².